The van der Waals surface area contributed by atoms with Gasteiger partial charge in [-0.3, -0.25) is 8.98 Å². The minimum atomic E-state index is -3.60. The van der Waals surface area contributed by atoms with Gasteiger partial charge in [0.2, 0.25) is 5.91 Å². The second-order valence-corrected chi connectivity index (χ2v) is 20.4. The van der Waals surface area contributed by atoms with E-state index in [-0.39, 0.29) is 19.1 Å². The Balaban J connectivity index is 0.00000141. The second kappa shape index (κ2) is 13.9. The summed E-state index contributed by atoms with van der Waals surface area (Å²) in [5.74, 6) is 0.0304. The van der Waals surface area contributed by atoms with E-state index in [1.165, 1.54) is 11.1 Å². The van der Waals surface area contributed by atoms with Crippen molar-refractivity contribution in [3.8, 4) is 11.4 Å². The number of nitrogens with zero attached hydrogens (tertiary/aromatic N) is 3. The Hall–Kier alpha value is -2.51. The topological polar surface area (TPSA) is 127 Å². The first kappa shape index (κ1) is 34.4. The quantitative estimate of drug-likeness (QED) is 0.149. The molecular weight excluding hydrogens is 597 g/mol. The molecule has 0 fully saturated rings. The lowest BCUT2D eigenvalue weighted by Crippen LogP contribution is -2.41. The largest absolute Gasteiger partial charge is 0.397 e. The number of carbonyl (C=O) groups excluding carboxylic acids is 1. The van der Waals surface area contributed by atoms with Crippen LogP contribution in [0.25, 0.3) is 22.3 Å². The Morgan fingerprint density at radius 2 is 1.84 bits per heavy atom. The number of rotatable bonds is 12. The third-order valence-corrected chi connectivity index (χ3v) is 10.8. The molecule has 1 aliphatic carbocycles. The van der Waals surface area contributed by atoms with Crippen LogP contribution < -0.4 is 4.90 Å². The normalized spacial score (nSPS) is 18.1. The van der Waals surface area contributed by atoms with E-state index in [0.29, 0.717) is 26.1 Å². The predicted octanol–water partition coefficient (Wildman–Crippen LogP) is 5.60. The van der Waals surface area contributed by atoms with Crippen molar-refractivity contribution < 1.29 is 27.2 Å². The van der Waals surface area contributed by atoms with Gasteiger partial charge in [0, 0.05) is 50.6 Å². The number of hydrogen-bond donors (Lipinski definition) is 2. The molecule has 1 aliphatic heterocycles. The lowest BCUT2D eigenvalue weighted by molar-refractivity contribution is -0.124. The molecule has 3 aromatic rings. The first-order chi connectivity index (χ1) is 20.8. The van der Waals surface area contributed by atoms with Crippen LogP contribution in [0.5, 0.6) is 0 Å². The van der Waals surface area contributed by atoms with Crippen LogP contribution in [0, 0.1) is 0 Å². The summed E-state index contributed by atoms with van der Waals surface area (Å²) in [7, 11) is -4.75. The molecule has 0 spiro atoms. The number of amides is 1. The minimum Gasteiger partial charge on any atom is -0.397 e. The Kier molecular flexibility index (Phi) is 10.8. The fraction of sp³-hybridized carbons (Fsp3) is 0.625. The Morgan fingerprint density at radius 1 is 1.11 bits per heavy atom. The standard InChI is InChI=1S/C30H44N4O5SSi.C2H6O/c1-7-12-30(13-14-39-40(3,36)37)24-18-25-23(17-26(24)34(8-2)29(30)35)22-11-9-10-21-19-33(32-27(21)28(22)31-25)20-38-15-16-41(4,5)6;1-2-3/h17-19,31H,7-16,20H2,1-6H3;3H,2H2,1H3. The second-order valence-electron chi connectivity index (χ2n) is 13.1. The zero-order valence-corrected chi connectivity index (χ0v) is 29.3. The van der Waals surface area contributed by atoms with E-state index < -0.39 is 23.6 Å². The molecule has 0 bridgehead atoms. The number of carbonyl (C=O) groups is 1. The van der Waals surface area contributed by atoms with Gasteiger partial charge in [0.1, 0.15) is 12.4 Å². The van der Waals surface area contributed by atoms with Crippen molar-refractivity contribution in [3.05, 3.63) is 35.0 Å². The van der Waals surface area contributed by atoms with Crippen molar-refractivity contribution in [2.24, 2.45) is 0 Å². The molecule has 1 atom stereocenters. The summed E-state index contributed by atoms with van der Waals surface area (Å²) in [4.78, 5) is 19.5. The van der Waals surface area contributed by atoms with E-state index in [1.54, 1.807) is 6.92 Å². The number of ether oxygens (including phenoxy) is 1. The van der Waals surface area contributed by atoms with Crippen LogP contribution in [0.4, 0.5) is 5.69 Å². The van der Waals surface area contributed by atoms with Crippen LogP contribution in [-0.2, 0) is 48.8 Å². The third kappa shape index (κ3) is 7.30. The molecule has 1 aromatic carbocycles. The molecule has 3 heterocycles. The molecule has 10 nitrogen and oxygen atoms in total. The molecule has 0 saturated heterocycles. The summed E-state index contributed by atoms with van der Waals surface area (Å²) in [5, 5.41) is 13.7. The third-order valence-electron chi connectivity index (χ3n) is 8.47. The Morgan fingerprint density at radius 3 is 2.48 bits per heavy atom. The van der Waals surface area contributed by atoms with Crippen LogP contribution in [0.1, 0.15) is 63.1 Å². The molecule has 0 radical (unpaired) electrons. The summed E-state index contributed by atoms with van der Waals surface area (Å²) >= 11 is 0. The zero-order valence-electron chi connectivity index (χ0n) is 27.5. The maximum absolute atomic E-state index is 13.9. The number of fused-ring (bicyclic) bond motifs is 6. The first-order valence-corrected chi connectivity index (χ1v) is 21.4. The van der Waals surface area contributed by atoms with E-state index in [2.05, 4.69) is 49.9 Å². The van der Waals surface area contributed by atoms with E-state index in [4.69, 9.17) is 19.1 Å². The van der Waals surface area contributed by atoms with Crippen molar-refractivity contribution in [2.75, 3.05) is 37.5 Å². The van der Waals surface area contributed by atoms with Crippen molar-refractivity contribution in [1.29, 1.82) is 0 Å². The highest BCUT2D eigenvalue weighted by atomic mass is 32.2. The fourth-order valence-corrected chi connectivity index (χ4v) is 7.61. The number of aromatic amines is 1. The van der Waals surface area contributed by atoms with Crippen LogP contribution in [-0.4, -0.2) is 74.9 Å². The molecule has 12 heteroatoms. The number of aliphatic hydroxyl groups excluding tert-OH is 1. The summed E-state index contributed by atoms with van der Waals surface area (Å²) in [6.07, 6.45) is 7.81. The molecule has 2 N–H and O–H groups in total. The molecule has 244 valence electrons. The molecular formula is C32H50N4O6SSi. The number of H-pyrrole nitrogens is 1. The SMILES string of the molecule is CCCC1(CCOS(C)(=O)=O)C(=O)N(CC)c2cc3c4c([nH]c3cc21)-c1nn(COCC[Si](C)(C)C)cc1CCC4.CCO. The zero-order chi connectivity index (χ0) is 32.3. The van der Waals surface area contributed by atoms with E-state index in [1.807, 2.05) is 16.5 Å². The van der Waals surface area contributed by atoms with Crippen LogP contribution in [0.15, 0.2) is 18.3 Å². The van der Waals surface area contributed by atoms with Crippen molar-refractivity contribution in [1.82, 2.24) is 14.8 Å². The van der Waals surface area contributed by atoms with Gasteiger partial charge in [0.05, 0.1) is 24.0 Å². The number of aromatic nitrogens is 3. The Labute approximate surface area is 263 Å². The molecule has 2 aliphatic rings. The molecule has 1 unspecified atom stereocenters. The number of nitrogens with one attached hydrogen (secondary N) is 1. The van der Waals surface area contributed by atoms with Crippen molar-refractivity contribution in [2.45, 2.75) is 97.1 Å². The lowest BCUT2D eigenvalue weighted by Gasteiger charge is -2.28. The Bertz CT molecular complexity index is 1580. The van der Waals surface area contributed by atoms with E-state index >= 15 is 0 Å². The highest BCUT2D eigenvalue weighted by Crippen LogP contribution is 2.50. The van der Waals surface area contributed by atoms with Gasteiger partial charge in [-0.2, -0.15) is 13.5 Å². The van der Waals surface area contributed by atoms with Gasteiger partial charge in [-0.1, -0.05) is 33.0 Å². The number of aliphatic hydroxyl groups is 1. The highest BCUT2D eigenvalue weighted by molar-refractivity contribution is 7.85. The monoisotopic (exact) mass is 646 g/mol. The van der Waals surface area contributed by atoms with E-state index in [9.17, 15) is 13.2 Å². The average molecular weight is 647 g/mol. The summed E-state index contributed by atoms with van der Waals surface area (Å²) in [6.45, 7) is 14.8. The van der Waals surface area contributed by atoms with Gasteiger partial charge in [0.25, 0.3) is 10.1 Å². The maximum atomic E-state index is 13.9. The van der Waals surface area contributed by atoms with Gasteiger partial charge >= 0.3 is 0 Å². The molecule has 44 heavy (non-hydrogen) atoms. The van der Waals surface area contributed by atoms with Crippen molar-refractivity contribution in [3.63, 3.8) is 0 Å². The number of benzene rings is 1. The molecule has 1 amide bonds. The molecule has 2 aromatic heterocycles. The number of anilines is 1. The van der Waals surface area contributed by atoms with E-state index in [0.717, 1.165) is 78.1 Å². The lowest BCUT2D eigenvalue weighted by atomic mass is 9.75. The molecule has 5 rings (SSSR count). The van der Waals surface area contributed by atoms with Crippen LogP contribution in [0.3, 0.4) is 0 Å². The average Bonchev–Trinajstić information content (AvgIpc) is 3.52. The summed E-state index contributed by atoms with van der Waals surface area (Å²) in [6, 6.07) is 5.42. The smallest absolute Gasteiger partial charge is 0.264 e. The minimum absolute atomic E-state index is 0.0262. The van der Waals surface area contributed by atoms with Gasteiger partial charge in [-0.15, -0.1) is 0 Å². The maximum Gasteiger partial charge on any atom is 0.264 e. The van der Waals surface area contributed by atoms with Crippen LogP contribution >= 0.6 is 0 Å². The van der Waals surface area contributed by atoms with Gasteiger partial charge < -0.3 is 19.7 Å². The first-order valence-electron chi connectivity index (χ1n) is 15.9. The predicted molar refractivity (Wildman–Crippen MR) is 178 cm³/mol. The summed E-state index contributed by atoms with van der Waals surface area (Å²) in [5.41, 5.74) is 6.53. The number of likely N-dealkylation sites (N-methyl/N-ethyl adjacent to an activating group) is 1. The van der Waals surface area contributed by atoms with Gasteiger partial charge in [-0.05, 0) is 80.8 Å². The van der Waals surface area contributed by atoms with Gasteiger partial charge in [-0.25, -0.2) is 4.68 Å². The molecule has 0 saturated carbocycles. The number of aryl methyl sites for hydroxylation is 2. The highest BCUT2D eigenvalue weighted by Gasteiger charge is 2.50. The number of hydrogen-bond acceptors (Lipinski definition) is 7. The fourth-order valence-electron chi connectivity index (χ4n) is 6.47. The van der Waals surface area contributed by atoms with Crippen LogP contribution in [0.2, 0.25) is 25.7 Å². The van der Waals surface area contributed by atoms with Gasteiger partial charge in [0.15, 0.2) is 0 Å². The van der Waals surface area contributed by atoms with Crippen molar-refractivity contribution >= 4 is 40.7 Å². The summed E-state index contributed by atoms with van der Waals surface area (Å²) < 4.78 is 36.4.